The lowest BCUT2D eigenvalue weighted by Gasteiger charge is -2.22. The molecule has 0 fully saturated rings. The first-order valence-electron chi connectivity index (χ1n) is 5.89. The van der Waals surface area contributed by atoms with Crippen LogP contribution >= 0.6 is 7.77 Å². The maximum absolute atomic E-state index is 11.9. The van der Waals surface area contributed by atoms with Crippen molar-refractivity contribution in [1.29, 1.82) is 0 Å². The fraction of sp³-hybridized carbons (Fsp3) is 0.667. The molecule has 0 saturated heterocycles. The van der Waals surface area contributed by atoms with Crippen LogP contribution in [0.5, 0.6) is 0 Å². The summed E-state index contributed by atoms with van der Waals surface area (Å²) in [7, 11) is 3.69. The van der Waals surface area contributed by atoms with Gasteiger partial charge in [-0.15, -0.1) is 0 Å². The summed E-state index contributed by atoms with van der Waals surface area (Å²) in [5.41, 5.74) is -0.0712. The van der Waals surface area contributed by atoms with Crippen LogP contribution in [0.4, 0.5) is 0 Å². The van der Waals surface area contributed by atoms with Gasteiger partial charge in [-0.1, -0.05) is 6.58 Å². The highest BCUT2D eigenvalue weighted by Gasteiger charge is 2.22. The Bertz CT molecular complexity index is 349. The molecule has 0 aliphatic heterocycles. The predicted molar refractivity (Wildman–Crippen MR) is 73.3 cm³/mol. The number of aliphatic hydroxyl groups is 1. The molecule has 0 radical (unpaired) electrons. The molecule has 0 spiro atoms. The molecule has 1 N–H and O–H groups in total. The quantitative estimate of drug-likeness (QED) is 0.225. The van der Waals surface area contributed by atoms with Gasteiger partial charge in [0, 0.05) is 13.0 Å². The van der Waals surface area contributed by atoms with Crippen molar-refractivity contribution in [2.45, 2.75) is 12.8 Å². The summed E-state index contributed by atoms with van der Waals surface area (Å²) in [5.74, 6) is -1.15. The molecule has 0 aromatic rings. The number of ether oxygens (including phenoxy) is 2. The molecule has 0 aliphatic rings. The highest BCUT2D eigenvalue weighted by molar-refractivity contribution is 7.51. The monoisotopic (exact) mass is 292 g/mol. The van der Waals surface area contributed by atoms with Gasteiger partial charge in [-0.25, -0.2) is 4.79 Å². The second kappa shape index (κ2) is 8.40. The zero-order chi connectivity index (χ0) is 15.1. The zero-order valence-corrected chi connectivity index (χ0v) is 12.9. The summed E-state index contributed by atoms with van der Waals surface area (Å²) in [6.45, 7) is 5.36. The number of aliphatic hydroxyl groups excluding tert-OH is 1. The second-order valence-corrected chi connectivity index (χ2v) is 6.93. The van der Waals surface area contributed by atoms with Gasteiger partial charge >= 0.3 is 5.97 Å². The normalized spacial score (nSPS) is 14.6. The fourth-order valence-electron chi connectivity index (χ4n) is 1.19. The smallest absolute Gasteiger partial charge is 0.330 e. The number of likely N-dealkylation sites (N-methyl/N-ethyl adjacent to an activating group) is 1. The molecule has 6 nitrogen and oxygen atoms in total. The van der Waals surface area contributed by atoms with Crippen molar-refractivity contribution in [3.63, 3.8) is 0 Å². The summed E-state index contributed by atoms with van der Waals surface area (Å²) in [6, 6.07) is 0. The number of carbonyl (C=O) groups is 1. The molecule has 0 bridgehead atoms. The first kappa shape index (κ1) is 18.2. The van der Waals surface area contributed by atoms with Gasteiger partial charge < -0.3 is 24.0 Å². The Morgan fingerprint density at radius 1 is 1.47 bits per heavy atom. The average Bonchev–Trinajstić information content (AvgIpc) is 2.30. The molecular weight excluding hydrogens is 269 g/mol. The van der Waals surface area contributed by atoms with Crippen molar-refractivity contribution in [3.05, 3.63) is 12.7 Å². The van der Waals surface area contributed by atoms with Crippen molar-refractivity contribution in [2.75, 3.05) is 40.9 Å². The topological polar surface area (TPSA) is 78.8 Å². The average molecular weight is 292 g/mol. The van der Waals surface area contributed by atoms with Gasteiger partial charge in [0.25, 0.3) is 5.48 Å². The summed E-state index contributed by atoms with van der Waals surface area (Å²) in [4.78, 5) is 22.7. The van der Waals surface area contributed by atoms with Crippen molar-refractivity contribution >= 4 is 19.2 Å². The molecule has 0 aromatic carbocycles. The van der Waals surface area contributed by atoms with Crippen molar-refractivity contribution < 1.29 is 28.8 Å². The number of quaternary nitrogens is 1. The summed E-state index contributed by atoms with van der Waals surface area (Å²) >= 11 is 0. The third kappa shape index (κ3) is 8.86. The van der Waals surface area contributed by atoms with Gasteiger partial charge in [0.15, 0.2) is 6.54 Å². The van der Waals surface area contributed by atoms with E-state index < -0.39 is 19.6 Å². The van der Waals surface area contributed by atoms with Gasteiger partial charge in [-0.05, 0) is 0 Å². The van der Waals surface area contributed by atoms with Gasteiger partial charge in [-0.3, -0.25) is 0 Å². The molecule has 0 aliphatic carbocycles. The first-order chi connectivity index (χ1) is 8.67. The molecule has 0 saturated carbocycles. The minimum atomic E-state index is -1.98. The Balaban J connectivity index is 4.19. The minimum Gasteiger partial charge on any atom is -0.626 e. The van der Waals surface area contributed by atoms with Crippen LogP contribution in [-0.4, -0.2) is 67.8 Å². The lowest BCUT2D eigenvalue weighted by Crippen LogP contribution is -2.40. The van der Waals surface area contributed by atoms with E-state index >= 15 is 0 Å². The lowest BCUT2D eigenvalue weighted by molar-refractivity contribution is -0.861. The summed E-state index contributed by atoms with van der Waals surface area (Å²) < 4.78 is 10.4. The summed E-state index contributed by atoms with van der Waals surface area (Å²) in [6.07, 6.45) is 1.06. The minimum absolute atomic E-state index is 0.0640. The maximum atomic E-state index is 11.9. The van der Waals surface area contributed by atoms with E-state index in [1.165, 1.54) is 0 Å². The molecule has 19 heavy (non-hydrogen) atoms. The molecule has 0 aromatic heterocycles. The Morgan fingerprint density at radius 3 is 2.53 bits per heavy atom. The standard InChI is InChI=1S/C12H22NO5P/c1-6-11(14)18-8-7-17-10(2)19(16)12(15)9-13(3,4)5/h6,10H,1,7-9H2,2-5H3/p+1. The van der Waals surface area contributed by atoms with Gasteiger partial charge in [0.1, 0.15) is 14.4 Å². The molecule has 7 heteroatoms. The molecule has 0 heterocycles. The number of hydrogen-bond acceptors (Lipinski definition) is 4. The predicted octanol–water partition coefficient (Wildman–Crippen LogP) is 0.0440. The number of nitrogens with zero attached hydrogens (tertiary/aromatic N) is 1. The lowest BCUT2D eigenvalue weighted by atomic mass is 10.5. The summed E-state index contributed by atoms with van der Waals surface area (Å²) in [5, 5.41) is 9.75. The molecule has 2 atom stereocenters. The van der Waals surface area contributed by atoms with E-state index in [2.05, 4.69) is 6.58 Å². The Kier molecular flexibility index (Phi) is 8.06. The molecule has 2 unspecified atom stereocenters. The molecule has 0 amide bonds. The number of esters is 1. The van der Waals surface area contributed by atoms with Crippen LogP contribution in [0.2, 0.25) is 0 Å². The van der Waals surface area contributed by atoms with E-state index in [-0.39, 0.29) is 18.7 Å². The molecule has 0 rings (SSSR count). The zero-order valence-electron chi connectivity index (χ0n) is 12.0. The molecular formula is C12H23NO5P+. The van der Waals surface area contributed by atoms with E-state index in [1.807, 2.05) is 21.1 Å². The highest BCUT2D eigenvalue weighted by atomic mass is 31.1. The third-order valence-corrected chi connectivity index (χ3v) is 3.51. The Labute approximate surface area is 115 Å². The Hall–Kier alpha value is -0.780. The first-order valence-corrected chi connectivity index (χ1v) is 7.22. The van der Waals surface area contributed by atoms with E-state index in [4.69, 9.17) is 9.47 Å². The van der Waals surface area contributed by atoms with Gasteiger partial charge in [-0.2, -0.15) is 0 Å². The van der Waals surface area contributed by atoms with Crippen molar-refractivity contribution in [3.8, 4) is 0 Å². The van der Waals surface area contributed by atoms with E-state index in [0.29, 0.717) is 11.0 Å². The molecule has 110 valence electrons. The SMILES string of the molecule is C=CC(=O)OCCOC(C)/[P+]([O-])=C(\O)C[N+](C)(C)C. The number of carbonyl (C=O) groups excluding carboxylic acids is 1. The van der Waals surface area contributed by atoms with Gasteiger partial charge in [0.05, 0.1) is 27.7 Å². The van der Waals surface area contributed by atoms with E-state index in [1.54, 1.807) is 6.92 Å². The van der Waals surface area contributed by atoms with E-state index in [0.717, 1.165) is 6.08 Å². The van der Waals surface area contributed by atoms with Crippen LogP contribution in [0.15, 0.2) is 12.7 Å². The van der Waals surface area contributed by atoms with Crippen molar-refractivity contribution in [1.82, 2.24) is 0 Å². The Morgan fingerprint density at radius 2 is 2.05 bits per heavy atom. The van der Waals surface area contributed by atoms with E-state index in [9.17, 15) is 14.8 Å². The van der Waals surface area contributed by atoms with Crippen LogP contribution in [0.3, 0.4) is 0 Å². The highest BCUT2D eigenvalue weighted by Crippen LogP contribution is 2.22. The van der Waals surface area contributed by atoms with Crippen LogP contribution in [0.1, 0.15) is 6.92 Å². The van der Waals surface area contributed by atoms with Crippen molar-refractivity contribution in [2.24, 2.45) is 0 Å². The number of hydrogen-bond donors (Lipinski definition) is 1. The number of rotatable bonds is 8. The van der Waals surface area contributed by atoms with Crippen LogP contribution < -0.4 is 4.89 Å². The second-order valence-electron chi connectivity index (χ2n) is 5.03. The fourth-order valence-corrected chi connectivity index (χ4v) is 2.42. The van der Waals surface area contributed by atoms with Gasteiger partial charge in [0.2, 0.25) is 5.85 Å². The maximum Gasteiger partial charge on any atom is 0.330 e. The van der Waals surface area contributed by atoms with Crippen LogP contribution in [0, 0.1) is 0 Å². The largest absolute Gasteiger partial charge is 0.626 e. The van der Waals surface area contributed by atoms with Crippen LogP contribution in [-0.2, 0) is 14.3 Å². The van der Waals surface area contributed by atoms with Crippen LogP contribution in [0.25, 0.3) is 0 Å². The third-order valence-electron chi connectivity index (χ3n) is 2.05.